The standard InChI is InChI=1S/C12H17N3O2/c1-15-6-5-10(8-15)13-7-9-3-2-4-11(14-9)12(16)17/h2-4,10,13H,5-8H2,1H3,(H,16,17). The second-order valence-corrected chi connectivity index (χ2v) is 4.45. The number of rotatable bonds is 4. The van der Waals surface area contributed by atoms with Gasteiger partial charge in [0.15, 0.2) is 0 Å². The SMILES string of the molecule is CN1CCC(NCc2cccc(C(=O)O)n2)C1. The van der Waals surface area contributed by atoms with Crippen LogP contribution in [-0.2, 0) is 6.54 Å². The van der Waals surface area contributed by atoms with Gasteiger partial charge in [-0.1, -0.05) is 6.07 Å². The average molecular weight is 235 g/mol. The lowest BCUT2D eigenvalue weighted by Gasteiger charge is -2.12. The van der Waals surface area contributed by atoms with Crippen LogP contribution in [0.5, 0.6) is 0 Å². The van der Waals surface area contributed by atoms with Gasteiger partial charge in [-0.3, -0.25) is 0 Å². The molecule has 92 valence electrons. The van der Waals surface area contributed by atoms with E-state index in [2.05, 4.69) is 22.2 Å². The smallest absolute Gasteiger partial charge is 0.354 e. The number of likely N-dealkylation sites (N-methyl/N-ethyl adjacent to an activating group) is 1. The number of aromatic nitrogens is 1. The maximum atomic E-state index is 10.8. The van der Waals surface area contributed by atoms with E-state index in [1.807, 2.05) is 6.07 Å². The van der Waals surface area contributed by atoms with Gasteiger partial charge in [-0.25, -0.2) is 9.78 Å². The van der Waals surface area contributed by atoms with Gasteiger partial charge in [0.25, 0.3) is 0 Å². The highest BCUT2D eigenvalue weighted by atomic mass is 16.4. The van der Waals surface area contributed by atoms with Crippen LogP contribution in [0.25, 0.3) is 0 Å². The monoisotopic (exact) mass is 235 g/mol. The number of nitrogens with one attached hydrogen (secondary N) is 1. The summed E-state index contributed by atoms with van der Waals surface area (Å²) in [6.07, 6.45) is 1.13. The zero-order valence-electron chi connectivity index (χ0n) is 9.89. The number of carbonyl (C=O) groups is 1. The molecule has 2 rings (SSSR count). The third-order valence-corrected chi connectivity index (χ3v) is 2.99. The molecule has 2 N–H and O–H groups in total. The summed E-state index contributed by atoms with van der Waals surface area (Å²) in [4.78, 5) is 17.1. The van der Waals surface area contributed by atoms with Crippen LogP contribution in [0.15, 0.2) is 18.2 Å². The minimum Gasteiger partial charge on any atom is -0.477 e. The average Bonchev–Trinajstić information content (AvgIpc) is 2.73. The third kappa shape index (κ3) is 3.25. The summed E-state index contributed by atoms with van der Waals surface area (Å²) < 4.78 is 0. The van der Waals surface area contributed by atoms with Crippen molar-refractivity contribution >= 4 is 5.97 Å². The van der Waals surface area contributed by atoms with Crippen molar-refractivity contribution in [2.75, 3.05) is 20.1 Å². The number of hydrogen-bond acceptors (Lipinski definition) is 4. The second kappa shape index (κ2) is 5.25. The summed E-state index contributed by atoms with van der Waals surface area (Å²) in [6, 6.07) is 5.57. The van der Waals surface area contributed by atoms with Crippen LogP contribution in [0, 0.1) is 0 Å². The zero-order valence-corrected chi connectivity index (χ0v) is 9.89. The summed E-state index contributed by atoms with van der Waals surface area (Å²) in [5, 5.41) is 12.2. The summed E-state index contributed by atoms with van der Waals surface area (Å²) in [5.74, 6) is -0.979. The van der Waals surface area contributed by atoms with Gasteiger partial charge in [0, 0.05) is 19.1 Å². The molecule has 0 aliphatic carbocycles. The largest absolute Gasteiger partial charge is 0.477 e. The first-order valence-electron chi connectivity index (χ1n) is 5.76. The van der Waals surface area contributed by atoms with Crippen molar-refractivity contribution < 1.29 is 9.90 Å². The lowest BCUT2D eigenvalue weighted by Crippen LogP contribution is -2.31. The fourth-order valence-electron chi connectivity index (χ4n) is 2.05. The molecule has 17 heavy (non-hydrogen) atoms. The Labute approximate surface area is 100 Å². The van der Waals surface area contributed by atoms with Gasteiger partial charge in [0.2, 0.25) is 0 Å². The van der Waals surface area contributed by atoms with Crippen LogP contribution in [0.2, 0.25) is 0 Å². The molecule has 5 nitrogen and oxygen atoms in total. The molecule has 1 saturated heterocycles. The first-order chi connectivity index (χ1) is 8.15. The second-order valence-electron chi connectivity index (χ2n) is 4.45. The molecule has 1 aliphatic rings. The minimum atomic E-state index is -0.979. The van der Waals surface area contributed by atoms with Gasteiger partial charge in [-0.05, 0) is 32.1 Å². The molecule has 1 unspecified atom stereocenters. The quantitative estimate of drug-likeness (QED) is 0.799. The fourth-order valence-corrected chi connectivity index (χ4v) is 2.05. The maximum Gasteiger partial charge on any atom is 0.354 e. The Morgan fingerprint density at radius 3 is 3.12 bits per heavy atom. The number of nitrogens with zero attached hydrogens (tertiary/aromatic N) is 2. The Hall–Kier alpha value is -1.46. The molecule has 0 saturated carbocycles. The summed E-state index contributed by atoms with van der Waals surface area (Å²) in [7, 11) is 2.10. The van der Waals surface area contributed by atoms with Gasteiger partial charge in [0.1, 0.15) is 5.69 Å². The van der Waals surface area contributed by atoms with E-state index in [0.29, 0.717) is 12.6 Å². The third-order valence-electron chi connectivity index (χ3n) is 2.99. The van der Waals surface area contributed by atoms with Gasteiger partial charge in [0.05, 0.1) is 5.69 Å². The molecule has 0 aromatic carbocycles. The summed E-state index contributed by atoms with van der Waals surface area (Å²) in [6.45, 7) is 2.78. The molecule has 5 heteroatoms. The van der Waals surface area contributed by atoms with E-state index >= 15 is 0 Å². The Morgan fingerprint density at radius 1 is 1.65 bits per heavy atom. The summed E-state index contributed by atoms with van der Waals surface area (Å²) >= 11 is 0. The molecule has 2 heterocycles. The first kappa shape index (κ1) is 12.0. The van der Waals surface area contributed by atoms with E-state index in [-0.39, 0.29) is 5.69 Å². The van der Waals surface area contributed by atoms with E-state index in [1.165, 1.54) is 6.07 Å². The molecule has 0 spiro atoms. The van der Waals surface area contributed by atoms with E-state index < -0.39 is 5.97 Å². The van der Waals surface area contributed by atoms with Crippen molar-refractivity contribution in [2.24, 2.45) is 0 Å². The van der Waals surface area contributed by atoms with E-state index in [4.69, 9.17) is 5.11 Å². The normalized spacial score (nSPS) is 20.6. The van der Waals surface area contributed by atoms with Gasteiger partial charge in [-0.2, -0.15) is 0 Å². The van der Waals surface area contributed by atoms with Crippen molar-refractivity contribution in [1.82, 2.24) is 15.2 Å². The van der Waals surface area contributed by atoms with E-state index in [9.17, 15) is 4.79 Å². The predicted molar refractivity (Wildman–Crippen MR) is 63.9 cm³/mol. The number of hydrogen-bond donors (Lipinski definition) is 2. The van der Waals surface area contributed by atoms with Crippen molar-refractivity contribution in [3.8, 4) is 0 Å². The lowest BCUT2D eigenvalue weighted by molar-refractivity contribution is 0.0690. The molecular weight excluding hydrogens is 218 g/mol. The topological polar surface area (TPSA) is 65.5 Å². The van der Waals surface area contributed by atoms with Crippen molar-refractivity contribution in [1.29, 1.82) is 0 Å². The molecule has 1 aromatic rings. The Morgan fingerprint density at radius 2 is 2.47 bits per heavy atom. The molecule has 0 bridgehead atoms. The zero-order chi connectivity index (χ0) is 12.3. The lowest BCUT2D eigenvalue weighted by atomic mass is 10.2. The van der Waals surface area contributed by atoms with Crippen LogP contribution in [-0.4, -0.2) is 47.1 Å². The molecular formula is C12H17N3O2. The molecule has 1 aliphatic heterocycles. The Balaban J connectivity index is 1.90. The van der Waals surface area contributed by atoms with Crippen LogP contribution in [0.4, 0.5) is 0 Å². The van der Waals surface area contributed by atoms with Gasteiger partial charge >= 0.3 is 5.97 Å². The van der Waals surface area contributed by atoms with Crippen molar-refractivity contribution in [3.05, 3.63) is 29.6 Å². The van der Waals surface area contributed by atoms with Gasteiger partial charge in [-0.15, -0.1) is 0 Å². The van der Waals surface area contributed by atoms with Crippen molar-refractivity contribution in [3.63, 3.8) is 0 Å². The predicted octanol–water partition coefficient (Wildman–Crippen LogP) is 0.573. The van der Waals surface area contributed by atoms with Crippen LogP contribution < -0.4 is 5.32 Å². The number of pyridine rings is 1. The number of carboxylic acid groups (broad SMARTS) is 1. The van der Waals surface area contributed by atoms with Crippen LogP contribution >= 0.6 is 0 Å². The Bertz CT molecular complexity index is 408. The fraction of sp³-hybridized carbons (Fsp3) is 0.500. The molecule has 1 atom stereocenters. The van der Waals surface area contributed by atoms with Gasteiger partial charge < -0.3 is 15.3 Å². The minimum absolute atomic E-state index is 0.104. The molecule has 1 fully saturated rings. The number of carboxylic acids is 1. The molecule has 0 amide bonds. The van der Waals surface area contributed by atoms with E-state index in [0.717, 1.165) is 25.2 Å². The number of likely N-dealkylation sites (tertiary alicyclic amines) is 1. The highest BCUT2D eigenvalue weighted by molar-refractivity contribution is 5.85. The maximum absolute atomic E-state index is 10.8. The Kier molecular flexibility index (Phi) is 3.71. The number of aromatic carboxylic acids is 1. The first-order valence-corrected chi connectivity index (χ1v) is 5.76. The highest BCUT2D eigenvalue weighted by Gasteiger charge is 2.18. The molecule has 1 aromatic heterocycles. The van der Waals surface area contributed by atoms with Crippen LogP contribution in [0.1, 0.15) is 22.6 Å². The van der Waals surface area contributed by atoms with Crippen molar-refractivity contribution in [2.45, 2.75) is 19.0 Å². The highest BCUT2D eigenvalue weighted by Crippen LogP contribution is 2.07. The summed E-state index contributed by atoms with van der Waals surface area (Å²) in [5.41, 5.74) is 0.882. The molecule has 0 radical (unpaired) electrons. The van der Waals surface area contributed by atoms with E-state index in [1.54, 1.807) is 6.07 Å². The van der Waals surface area contributed by atoms with Crippen LogP contribution in [0.3, 0.4) is 0 Å².